The fourth-order valence-electron chi connectivity index (χ4n) is 1.90. The molecule has 106 valence electrons. The van der Waals surface area contributed by atoms with Crippen LogP contribution in [0.1, 0.15) is 31.7 Å². The Kier molecular flexibility index (Phi) is 5.18. The number of carbonyl (C=O) groups is 1. The lowest BCUT2D eigenvalue weighted by Gasteiger charge is -2.02. The summed E-state index contributed by atoms with van der Waals surface area (Å²) in [6.07, 6.45) is 5.96. The van der Waals surface area contributed by atoms with Gasteiger partial charge in [0.1, 0.15) is 0 Å². The Morgan fingerprint density at radius 2 is 2.30 bits per heavy atom. The maximum Gasteiger partial charge on any atom is 0.224 e. The van der Waals surface area contributed by atoms with Gasteiger partial charge in [0, 0.05) is 17.6 Å². The number of nitrogens with one attached hydrogen (secondary N) is 1. The van der Waals surface area contributed by atoms with Gasteiger partial charge in [-0.1, -0.05) is 37.1 Å². The molecule has 1 aromatic carbocycles. The second-order valence-corrected chi connectivity index (χ2v) is 5.14. The van der Waals surface area contributed by atoms with Crippen molar-refractivity contribution in [3.05, 3.63) is 47.2 Å². The number of aromatic nitrogens is 2. The summed E-state index contributed by atoms with van der Waals surface area (Å²) < 4.78 is 1.78. The van der Waals surface area contributed by atoms with Gasteiger partial charge in [0.25, 0.3) is 0 Å². The van der Waals surface area contributed by atoms with Gasteiger partial charge in [-0.3, -0.25) is 9.48 Å². The van der Waals surface area contributed by atoms with Crippen LogP contribution in [0.4, 0.5) is 5.69 Å². The van der Waals surface area contributed by atoms with Crippen LogP contribution in [0.3, 0.4) is 0 Å². The molecule has 2 aromatic rings. The van der Waals surface area contributed by atoms with Gasteiger partial charge in [-0.05, 0) is 24.1 Å². The molecule has 20 heavy (non-hydrogen) atoms. The monoisotopic (exact) mass is 291 g/mol. The molecule has 1 heterocycles. The van der Waals surface area contributed by atoms with Gasteiger partial charge in [-0.15, -0.1) is 0 Å². The Labute approximate surface area is 123 Å². The molecule has 0 spiro atoms. The first-order chi connectivity index (χ1) is 9.67. The highest BCUT2D eigenvalue weighted by atomic mass is 35.5. The lowest BCUT2D eigenvalue weighted by atomic mass is 10.2. The van der Waals surface area contributed by atoms with Crippen molar-refractivity contribution in [2.45, 2.75) is 32.7 Å². The first-order valence-electron chi connectivity index (χ1n) is 6.74. The van der Waals surface area contributed by atoms with Crippen molar-refractivity contribution in [1.29, 1.82) is 0 Å². The molecule has 1 aromatic heterocycles. The van der Waals surface area contributed by atoms with Gasteiger partial charge in [-0.25, -0.2) is 0 Å². The van der Waals surface area contributed by atoms with Gasteiger partial charge >= 0.3 is 0 Å². The molecular weight excluding hydrogens is 274 g/mol. The highest BCUT2D eigenvalue weighted by Crippen LogP contribution is 2.13. The molecule has 0 aliphatic rings. The van der Waals surface area contributed by atoms with Crippen molar-refractivity contribution in [3.63, 3.8) is 0 Å². The van der Waals surface area contributed by atoms with E-state index >= 15 is 0 Å². The molecular formula is C15H18ClN3O. The number of carbonyl (C=O) groups excluding carboxylic acids is 1. The van der Waals surface area contributed by atoms with E-state index in [1.165, 1.54) is 0 Å². The zero-order valence-corrected chi connectivity index (χ0v) is 12.2. The van der Waals surface area contributed by atoms with E-state index in [0.29, 0.717) is 18.0 Å². The van der Waals surface area contributed by atoms with Crippen LogP contribution in [0.25, 0.3) is 0 Å². The summed E-state index contributed by atoms with van der Waals surface area (Å²) in [5, 5.41) is 7.79. The molecule has 0 saturated heterocycles. The molecule has 0 radical (unpaired) electrons. The lowest BCUT2D eigenvalue weighted by molar-refractivity contribution is -0.116. The maximum absolute atomic E-state index is 11.6. The Morgan fingerprint density at radius 1 is 1.45 bits per heavy atom. The number of rotatable bonds is 6. The van der Waals surface area contributed by atoms with Crippen molar-refractivity contribution in [3.8, 4) is 0 Å². The van der Waals surface area contributed by atoms with Crippen LogP contribution in [0.15, 0.2) is 36.7 Å². The van der Waals surface area contributed by atoms with E-state index in [9.17, 15) is 4.79 Å². The Balaban J connectivity index is 1.93. The number of amides is 1. The number of unbranched alkanes of at least 4 members (excludes halogenated alkanes) is 1. The molecule has 0 aliphatic carbocycles. The second-order valence-electron chi connectivity index (χ2n) is 4.71. The Morgan fingerprint density at radius 3 is 3.05 bits per heavy atom. The molecule has 5 heteroatoms. The average Bonchev–Trinajstić information content (AvgIpc) is 2.83. The summed E-state index contributed by atoms with van der Waals surface area (Å²) in [5.41, 5.74) is 1.80. The number of hydrogen-bond donors (Lipinski definition) is 1. The van der Waals surface area contributed by atoms with Crippen LogP contribution >= 0.6 is 11.6 Å². The maximum atomic E-state index is 11.6. The molecule has 0 unspecified atom stereocenters. The lowest BCUT2D eigenvalue weighted by Crippen LogP contribution is -2.10. The summed E-state index contributed by atoms with van der Waals surface area (Å²) >= 11 is 5.95. The Bertz CT molecular complexity index is 580. The van der Waals surface area contributed by atoms with E-state index in [4.69, 9.17) is 11.6 Å². The molecule has 0 fully saturated rings. The van der Waals surface area contributed by atoms with Gasteiger partial charge in [0.05, 0.1) is 18.4 Å². The summed E-state index contributed by atoms with van der Waals surface area (Å²) in [6, 6.07) is 7.65. The number of halogens is 1. The molecule has 0 saturated carbocycles. The van der Waals surface area contributed by atoms with E-state index in [1.54, 1.807) is 10.9 Å². The molecule has 1 amide bonds. The van der Waals surface area contributed by atoms with Gasteiger partial charge in [0.15, 0.2) is 0 Å². The minimum Gasteiger partial charge on any atom is -0.323 e. The first kappa shape index (κ1) is 14.6. The van der Waals surface area contributed by atoms with E-state index in [1.807, 2.05) is 30.5 Å². The highest BCUT2D eigenvalue weighted by Gasteiger charge is 2.04. The van der Waals surface area contributed by atoms with Crippen molar-refractivity contribution in [1.82, 2.24) is 9.78 Å². The predicted octanol–water partition coefficient (Wildman–Crippen LogP) is 3.71. The van der Waals surface area contributed by atoms with Crippen molar-refractivity contribution in [2.24, 2.45) is 0 Å². The molecule has 0 atom stereocenters. The van der Waals surface area contributed by atoms with Gasteiger partial charge in [-0.2, -0.15) is 5.10 Å². The minimum absolute atomic E-state index is 0.0363. The molecule has 2 rings (SSSR count). The third kappa shape index (κ3) is 4.38. The van der Waals surface area contributed by atoms with Crippen LogP contribution in [0, 0.1) is 0 Å². The van der Waals surface area contributed by atoms with Crippen LogP contribution < -0.4 is 5.32 Å². The fourth-order valence-corrected chi connectivity index (χ4v) is 2.11. The SMILES string of the molecule is CCCCC(=O)Nc1cnn(Cc2cccc(Cl)c2)c1. The summed E-state index contributed by atoms with van der Waals surface area (Å²) in [5.74, 6) is 0.0363. The van der Waals surface area contributed by atoms with Crippen LogP contribution in [0.2, 0.25) is 5.02 Å². The highest BCUT2D eigenvalue weighted by molar-refractivity contribution is 6.30. The summed E-state index contributed by atoms with van der Waals surface area (Å²) in [6.45, 7) is 2.70. The Hall–Kier alpha value is -1.81. The van der Waals surface area contributed by atoms with Gasteiger partial charge in [0.2, 0.25) is 5.91 Å². The number of hydrogen-bond acceptors (Lipinski definition) is 2. The molecule has 4 nitrogen and oxygen atoms in total. The van der Waals surface area contributed by atoms with Crippen LogP contribution in [-0.2, 0) is 11.3 Å². The number of anilines is 1. The summed E-state index contributed by atoms with van der Waals surface area (Å²) in [7, 11) is 0. The predicted molar refractivity (Wildman–Crippen MR) is 80.9 cm³/mol. The molecule has 0 bridgehead atoms. The topological polar surface area (TPSA) is 46.9 Å². The second kappa shape index (κ2) is 7.10. The zero-order valence-electron chi connectivity index (χ0n) is 11.5. The summed E-state index contributed by atoms with van der Waals surface area (Å²) in [4.78, 5) is 11.6. The first-order valence-corrected chi connectivity index (χ1v) is 7.12. The largest absolute Gasteiger partial charge is 0.323 e. The van der Waals surface area contributed by atoms with Crippen molar-refractivity contribution < 1.29 is 4.79 Å². The standard InChI is InChI=1S/C15H18ClN3O/c1-2-3-7-15(20)18-14-9-17-19(11-14)10-12-5-4-6-13(16)8-12/h4-6,8-9,11H,2-3,7,10H2,1H3,(H,18,20). The van der Waals surface area contributed by atoms with Crippen LogP contribution in [-0.4, -0.2) is 15.7 Å². The van der Waals surface area contributed by atoms with E-state index in [-0.39, 0.29) is 5.91 Å². The van der Waals surface area contributed by atoms with E-state index in [0.717, 1.165) is 24.1 Å². The number of nitrogens with zero attached hydrogens (tertiary/aromatic N) is 2. The van der Waals surface area contributed by atoms with E-state index in [2.05, 4.69) is 17.3 Å². The zero-order chi connectivity index (χ0) is 14.4. The average molecular weight is 292 g/mol. The molecule has 1 N–H and O–H groups in total. The minimum atomic E-state index is 0.0363. The van der Waals surface area contributed by atoms with Crippen molar-refractivity contribution >= 4 is 23.2 Å². The molecule has 0 aliphatic heterocycles. The normalized spacial score (nSPS) is 10.5. The smallest absolute Gasteiger partial charge is 0.224 e. The third-order valence-corrected chi connectivity index (χ3v) is 3.14. The third-order valence-electron chi connectivity index (χ3n) is 2.91. The van der Waals surface area contributed by atoms with Gasteiger partial charge < -0.3 is 5.32 Å². The van der Waals surface area contributed by atoms with E-state index < -0.39 is 0 Å². The quantitative estimate of drug-likeness (QED) is 0.882. The number of benzene rings is 1. The fraction of sp³-hybridized carbons (Fsp3) is 0.333. The van der Waals surface area contributed by atoms with Crippen molar-refractivity contribution in [2.75, 3.05) is 5.32 Å². The van der Waals surface area contributed by atoms with Crippen LogP contribution in [0.5, 0.6) is 0 Å².